The molecule has 0 radical (unpaired) electrons. The molecule has 4 nitrogen and oxygen atoms in total. The van der Waals surface area contributed by atoms with Crippen LogP contribution in [0.1, 0.15) is 29.4 Å². The van der Waals surface area contributed by atoms with Crippen LogP contribution in [0.5, 0.6) is 0 Å². The van der Waals surface area contributed by atoms with Crippen LogP contribution in [-0.2, 0) is 6.54 Å². The number of hydrogen-bond donors (Lipinski definition) is 1. The van der Waals surface area contributed by atoms with Gasteiger partial charge in [0.25, 0.3) is 0 Å². The van der Waals surface area contributed by atoms with E-state index in [-0.39, 0.29) is 5.82 Å². The van der Waals surface area contributed by atoms with Crippen LogP contribution in [0.2, 0.25) is 0 Å². The SMILES string of the molecule is C=Cc1c(/C(=C\C)C(=C)NCc2ccc(C)nc2)cnn1-c1ccc(F)cc1. The van der Waals surface area contributed by atoms with Gasteiger partial charge in [0.1, 0.15) is 5.82 Å². The minimum atomic E-state index is -0.284. The minimum absolute atomic E-state index is 0.284. The van der Waals surface area contributed by atoms with Gasteiger partial charge < -0.3 is 5.32 Å². The summed E-state index contributed by atoms with van der Waals surface area (Å²) in [5, 5.41) is 7.82. The Labute approximate surface area is 164 Å². The Balaban J connectivity index is 1.84. The van der Waals surface area contributed by atoms with Gasteiger partial charge in [0.2, 0.25) is 0 Å². The van der Waals surface area contributed by atoms with Crippen molar-refractivity contribution in [2.75, 3.05) is 0 Å². The molecule has 0 aliphatic rings. The first-order valence-corrected chi connectivity index (χ1v) is 9.01. The molecule has 0 unspecified atom stereocenters. The number of pyridine rings is 1. The minimum Gasteiger partial charge on any atom is -0.381 e. The normalized spacial score (nSPS) is 11.3. The van der Waals surface area contributed by atoms with Crippen LogP contribution < -0.4 is 5.32 Å². The number of nitrogens with one attached hydrogen (secondary N) is 1. The van der Waals surface area contributed by atoms with E-state index in [0.717, 1.165) is 39.5 Å². The molecule has 0 saturated heterocycles. The van der Waals surface area contributed by atoms with E-state index in [1.807, 2.05) is 38.3 Å². The highest BCUT2D eigenvalue weighted by atomic mass is 19.1. The average molecular weight is 374 g/mol. The van der Waals surface area contributed by atoms with Gasteiger partial charge in [-0.3, -0.25) is 4.98 Å². The Hall–Kier alpha value is -3.47. The lowest BCUT2D eigenvalue weighted by atomic mass is 10.0. The average Bonchev–Trinajstić information content (AvgIpc) is 3.12. The fraction of sp³-hybridized carbons (Fsp3) is 0.130. The summed E-state index contributed by atoms with van der Waals surface area (Å²) in [5.41, 5.74) is 6.27. The number of rotatable bonds is 7. The number of nitrogens with zero attached hydrogens (tertiary/aromatic N) is 3. The maximum absolute atomic E-state index is 13.2. The topological polar surface area (TPSA) is 42.7 Å². The summed E-state index contributed by atoms with van der Waals surface area (Å²) in [7, 11) is 0. The number of aryl methyl sites for hydroxylation is 1. The molecule has 2 aromatic heterocycles. The van der Waals surface area contributed by atoms with E-state index in [4.69, 9.17) is 0 Å². The highest BCUT2D eigenvalue weighted by molar-refractivity contribution is 5.82. The molecule has 2 heterocycles. The third-order valence-electron chi connectivity index (χ3n) is 4.45. The molecule has 0 spiro atoms. The van der Waals surface area contributed by atoms with Crippen molar-refractivity contribution in [2.45, 2.75) is 20.4 Å². The van der Waals surface area contributed by atoms with Crippen molar-refractivity contribution in [2.24, 2.45) is 0 Å². The van der Waals surface area contributed by atoms with Gasteiger partial charge in [-0.15, -0.1) is 0 Å². The Bertz CT molecular complexity index is 1010. The highest BCUT2D eigenvalue weighted by Crippen LogP contribution is 2.27. The van der Waals surface area contributed by atoms with Crippen LogP contribution >= 0.6 is 0 Å². The van der Waals surface area contributed by atoms with Crippen molar-refractivity contribution in [1.29, 1.82) is 0 Å². The second-order valence-corrected chi connectivity index (χ2v) is 6.38. The van der Waals surface area contributed by atoms with E-state index in [2.05, 4.69) is 28.6 Å². The first kappa shape index (κ1) is 19.3. The molecule has 0 saturated carbocycles. The third-order valence-corrected chi connectivity index (χ3v) is 4.45. The molecule has 0 fully saturated rings. The molecule has 3 rings (SSSR count). The lowest BCUT2D eigenvalue weighted by Crippen LogP contribution is -2.13. The standard InChI is InChI=1S/C23H23FN4/c1-5-21(17(4)26-14-18-8-7-16(3)25-13-18)22-15-27-28(23(22)6-2)20-11-9-19(24)10-12-20/h5-13,15,26H,2,4,14H2,1,3H3/b21-5-. The van der Waals surface area contributed by atoms with E-state index in [1.165, 1.54) is 12.1 Å². The van der Waals surface area contributed by atoms with Crippen LogP contribution in [0.3, 0.4) is 0 Å². The second kappa shape index (κ2) is 8.48. The van der Waals surface area contributed by atoms with E-state index < -0.39 is 0 Å². The van der Waals surface area contributed by atoms with Crippen molar-refractivity contribution in [1.82, 2.24) is 20.1 Å². The van der Waals surface area contributed by atoms with Crippen LogP contribution in [0.4, 0.5) is 4.39 Å². The van der Waals surface area contributed by atoms with Gasteiger partial charge in [0, 0.05) is 35.3 Å². The van der Waals surface area contributed by atoms with Gasteiger partial charge in [-0.05, 0) is 55.8 Å². The fourth-order valence-electron chi connectivity index (χ4n) is 2.95. The van der Waals surface area contributed by atoms with Crippen molar-refractivity contribution < 1.29 is 4.39 Å². The number of halogens is 1. The van der Waals surface area contributed by atoms with Crippen molar-refractivity contribution in [3.05, 3.63) is 102 Å². The maximum Gasteiger partial charge on any atom is 0.123 e. The quantitative estimate of drug-likeness (QED) is 0.588. The molecule has 1 N–H and O–H groups in total. The van der Waals surface area contributed by atoms with Crippen molar-refractivity contribution in [3.8, 4) is 5.69 Å². The van der Waals surface area contributed by atoms with Crippen LogP contribution in [0.15, 0.2) is 73.7 Å². The maximum atomic E-state index is 13.2. The van der Waals surface area contributed by atoms with Gasteiger partial charge in [0.05, 0.1) is 17.6 Å². The zero-order valence-corrected chi connectivity index (χ0v) is 16.1. The number of aromatic nitrogens is 3. The molecule has 0 aliphatic carbocycles. The largest absolute Gasteiger partial charge is 0.381 e. The molecule has 28 heavy (non-hydrogen) atoms. The molecule has 5 heteroatoms. The first-order valence-electron chi connectivity index (χ1n) is 9.01. The Morgan fingerprint density at radius 2 is 1.93 bits per heavy atom. The van der Waals surface area contributed by atoms with Gasteiger partial charge >= 0.3 is 0 Å². The first-order chi connectivity index (χ1) is 13.5. The molecule has 142 valence electrons. The highest BCUT2D eigenvalue weighted by Gasteiger charge is 2.15. The number of hydrogen-bond acceptors (Lipinski definition) is 3. The summed E-state index contributed by atoms with van der Waals surface area (Å²) in [4.78, 5) is 4.31. The molecule has 0 aliphatic heterocycles. The monoisotopic (exact) mass is 374 g/mol. The van der Waals surface area contributed by atoms with E-state index in [0.29, 0.717) is 6.54 Å². The summed E-state index contributed by atoms with van der Waals surface area (Å²) in [5.74, 6) is -0.284. The van der Waals surface area contributed by atoms with Gasteiger partial charge in [-0.1, -0.05) is 25.3 Å². The van der Waals surface area contributed by atoms with Crippen molar-refractivity contribution >= 4 is 11.6 Å². The molecule has 3 aromatic rings. The van der Waals surface area contributed by atoms with Gasteiger partial charge in [-0.2, -0.15) is 5.10 Å². The summed E-state index contributed by atoms with van der Waals surface area (Å²) < 4.78 is 15.0. The predicted molar refractivity (Wildman–Crippen MR) is 112 cm³/mol. The lowest BCUT2D eigenvalue weighted by molar-refractivity contribution is 0.627. The molecule has 0 atom stereocenters. The zero-order chi connectivity index (χ0) is 20.1. The van der Waals surface area contributed by atoms with Gasteiger partial charge in [-0.25, -0.2) is 9.07 Å². The predicted octanol–water partition coefficient (Wildman–Crippen LogP) is 5.06. The van der Waals surface area contributed by atoms with E-state index >= 15 is 0 Å². The summed E-state index contributed by atoms with van der Waals surface area (Å²) in [6.07, 6.45) is 7.36. The van der Waals surface area contributed by atoms with E-state index in [1.54, 1.807) is 29.1 Å². The summed E-state index contributed by atoms with van der Waals surface area (Å²) in [6, 6.07) is 10.2. The molecular weight excluding hydrogens is 351 g/mol. The van der Waals surface area contributed by atoms with Gasteiger partial charge in [0.15, 0.2) is 0 Å². The molecule has 1 aromatic carbocycles. The Morgan fingerprint density at radius 1 is 1.18 bits per heavy atom. The third kappa shape index (κ3) is 4.09. The molecule has 0 bridgehead atoms. The summed E-state index contributed by atoms with van der Waals surface area (Å²) in [6.45, 7) is 12.7. The smallest absolute Gasteiger partial charge is 0.123 e. The molecular formula is C23H23FN4. The lowest BCUT2D eigenvalue weighted by Gasteiger charge is -2.14. The Morgan fingerprint density at radius 3 is 2.54 bits per heavy atom. The van der Waals surface area contributed by atoms with Crippen LogP contribution in [0, 0.1) is 12.7 Å². The second-order valence-electron chi connectivity index (χ2n) is 6.38. The van der Waals surface area contributed by atoms with E-state index in [9.17, 15) is 4.39 Å². The summed E-state index contributed by atoms with van der Waals surface area (Å²) >= 11 is 0. The van der Waals surface area contributed by atoms with Crippen molar-refractivity contribution in [3.63, 3.8) is 0 Å². The fourth-order valence-corrected chi connectivity index (χ4v) is 2.95. The number of allylic oxidation sites excluding steroid dienone is 2. The number of benzene rings is 1. The van der Waals surface area contributed by atoms with Crippen LogP contribution in [0.25, 0.3) is 17.3 Å². The Kier molecular flexibility index (Phi) is 5.84. The molecule has 0 amide bonds. The zero-order valence-electron chi connectivity index (χ0n) is 16.1. The van der Waals surface area contributed by atoms with Crippen LogP contribution in [-0.4, -0.2) is 14.8 Å².